The van der Waals surface area contributed by atoms with Crippen LogP contribution in [0.15, 0.2) is 12.1 Å². The summed E-state index contributed by atoms with van der Waals surface area (Å²) in [5, 5.41) is 10.9. The molecule has 0 amide bonds. The van der Waals surface area contributed by atoms with Crippen molar-refractivity contribution in [1.29, 1.82) is 0 Å². The number of benzene rings is 1. The number of nitro groups is 1. The summed E-state index contributed by atoms with van der Waals surface area (Å²) in [4.78, 5) is 27.7. The minimum absolute atomic E-state index is 0.0492. The van der Waals surface area contributed by atoms with E-state index in [1.165, 1.54) is 0 Å². The van der Waals surface area contributed by atoms with E-state index in [9.17, 15) is 41.3 Å². The van der Waals surface area contributed by atoms with Gasteiger partial charge in [-0.15, -0.1) is 4.73 Å². The molecule has 0 N–H and O–H groups in total. The van der Waals surface area contributed by atoms with Gasteiger partial charge in [-0.1, -0.05) is 0 Å². The Labute approximate surface area is 127 Å². The van der Waals surface area contributed by atoms with Crippen LogP contribution < -0.4 is 4.84 Å². The van der Waals surface area contributed by atoms with E-state index in [0.717, 1.165) is 0 Å². The van der Waals surface area contributed by atoms with E-state index in [4.69, 9.17) is 0 Å². The van der Waals surface area contributed by atoms with E-state index in [-0.39, 0.29) is 16.9 Å². The van der Waals surface area contributed by atoms with Gasteiger partial charge in [0.15, 0.2) is 5.52 Å². The molecule has 0 fully saturated rings. The van der Waals surface area contributed by atoms with Crippen molar-refractivity contribution in [2.24, 2.45) is 0 Å². The molecule has 0 aliphatic carbocycles. The zero-order valence-corrected chi connectivity index (χ0v) is 11.4. The average molecular weight is 357 g/mol. The van der Waals surface area contributed by atoms with Crippen molar-refractivity contribution in [2.75, 3.05) is 0 Å². The van der Waals surface area contributed by atoms with Crippen LogP contribution in [0.3, 0.4) is 0 Å². The van der Waals surface area contributed by atoms with Crippen molar-refractivity contribution in [3.8, 4) is 0 Å². The van der Waals surface area contributed by atoms with Crippen LogP contribution in [0.1, 0.15) is 18.3 Å². The second-order valence-corrected chi connectivity index (χ2v) is 4.43. The van der Waals surface area contributed by atoms with Crippen LogP contribution in [0.25, 0.3) is 11.0 Å². The van der Waals surface area contributed by atoms with Crippen molar-refractivity contribution in [3.05, 3.63) is 33.6 Å². The molecule has 2 aromatic rings. The summed E-state index contributed by atoms with van der Waals surface area (Å²) in [5.74, 6) is -3.20. The fourth-order valence-corrected chi connectivity index (χ4v) is 1.84. The number of fused-ring (bicyclic) bond motifs is 1. The molecule has 1 heterocycles. The molecule has 0 bridgehead atoms. The fraction of sp³-hybridized carbons (Fsp3) is 0.273. The van der Waals surface area contributed by atoms with E-state index in [1.807, 2.05) is 0 Å². The molecule has 0 unspecified atom stereocenters. The third kappa shape index (κ3) is 3.09. The topological polar surface area (TPSA) is 87.3 Å². The van der Waals surface area contributed by atoms with Gasteiger partial charge < -0.3 is 4.84 Å². The van der Waals surface area contributed by atoms with Crippen LogP contribution in [0.4, 0.5) is 32.0 Å². The molecule has 0 radical (unpaired) electrons. The highest BCUT2D eigenvalue weighted by Gasteiger charge is 2.42. The van der Waals surface area contributed by atoms with Crippen molar-refractivity contribution in [1.82, 2.24) is 9.71 Å². The molecular weight excluding hydrogens is 352 g/mol. The maximum atomic E-state index is 12.9. The molecule has 13 heteroatoms. The van der Waals surface area contributed by atoms with Gasteiger partial charge in [-0.3, -0.25) is 10.1 Å². The van der Waals surface area contributed by atoms with Crippen LogP contribution in [0.2, 0.25) is 0 Å². The third-order valence-electron chi connectivity index (χ3n) is 2.70. The normalized spacial score (nSPS) is 12.5. The number of imidazole rings is 1. The lowest BCUT2D eigenvalue weighted by molar-refractivity contribution is -0.383. The number of aromatic nitrogens is 2. The Hall–Kier alpha value is -2.86. The SMILES string of the molecule is CC(=O)On1c(C(F)(F)F)nc2c([N+](=O)[O-])cc(C(F)(F)F)cc21. The first-order valence-electron chi connectivity index (χ1n) is 5.86. The molecule has 0 saturated carbocycles. The van der Waals surface area contributed by atoms with Crippen LogP contribution in [0.5, 0.6) is 0 Å². The summed E-state index contributed by atoms with van der Waals surface area (Å²) < 4.78 is 76.9. The molecule has 0 aliphatic rings. The average Bonchev–Trinajstić information content (AvgIpc) is 2.74. The predicted octanol–water partition coefficient (Wildman–Crippen LogP) is 2.96. The molecule has 1 aromatic heterocycles. The van der Waals surface area contributed by atoms with Crippen LogP contribution in [-0.2, 0) is 17.1 Å². The number of hydrogen-bond donors (Lipinski definition) is 0. The minimum atomic E-state index is -5.24. The molecule has 7 nitrogen and oxygen atoms in total. The van der Waals surface area contributed by atoms with E-state index in [2.05, 4.69) is 9.82 Å². The Morgan fingerprint density at radius 1 is 1.21 bits per heavy atom. The fourth-order valence-electron chi connectivity index (χ4n) is 1.84. The lowest BCUT2D eigenvalue weighted by Gasteiger charge is -2.10. The van der Waals surface area contributed by atoms with Crippen LogP contribution >= 0.6 is 0 Å². The highest BCUT2D eigenvalue weighted by Crippen LogP contribution is 2.38. The highest BCUT2D eigenvalue weighted by molar-refractivity contribution is 5.87. The predicted molar refractivity (Wildman–Crippen MR) is 63.7 cm³/mol. The summed E-state index contributed by atoms with van der Waals surface area (Å²) in [5.41, 5.74) is -4.92. The second-order valence-electron chi connectivity index (χ2n) is 4.43. The van der Waals surface area contributed by atoms with Crippen molar-refractivity contribution < 1.29 is 40.9 Å². The van der Waals surface area contributed by atoms with E-state index >= 15 is 0 Å². The molecule has 0 spiro atoms. The molecular formula is C11H5F6N3O4. The number of hydrogen-bond acceptors (Lipinski definition) is 5. The lowest BCUT2D eigenvalue weighted by atomic mass is 10.1. The number of nitro benzene ring substituents is 1. The van der Waals surface area contributed by atoms with E-state index in [0.29, 0.717) is 6.92 Å². The zero-order valence-electron chi connectivity index (χ0n) is 11.4. The van der Waals surface area contributed by atoms with Gasteiger partial charge >= 0.3 is 18.3 Å². The maximum absolute atomic E-state index is 12.9. The van der Waals surface area contributed by atoms with Crippen LogP contribution in [0, 0.1) is 10.1 Å². The molecule has 2 rings (SSSR count). The first-order chi connectivity index (χ1) is 10.8. The van der Waals surface area contributed by atoms with Crippen molar-refractivity contribution >= 4 is 22.7 Å². The van der Waals surface area contributed by atoms with Gasteiger partial charge in [0.25, 0.3) is 11.5 Å². The number of halogens is 6. The number of carbonyl (C=O) groups is 1. The van der Waals surface area contributed by atoms with Gasteiger partial charge in [0.05, 0.1) is 10.5 Å². The summed E-state index contributed by atoms with van der Waals surface area (Å²) in [7, 11) is 0. The van der Waals surface area contributed by atoms with Crippen LogP contribution in [-0.4, -0.2) is 20.6 Å². The Kier molecular flexibility index (Phi) is 3.90. The van der Waals surface area contributed by atoms with Crippen molar-refractivity contribution in [2.45, 2.75) is 19.3 Å². The summed E-state index contributed by atoms with van der Waals surface area (Å²) in [6, 6.07) is 0.223. The highest BCUT2D eigenvalue weighted by atomic mass is 19.4. The standard InChI is InChI=1S/C11H5F6N3O4/c1-4(21)24-19-6-2-5(10(12,13)14)3-7(20(22)23)8(6)18-9(19)11(15,16)17/h2-3H,1H3. The Morgan fingerprint density at radius 3 is 2.21 bits per heavy atom. The first kappa shape index (κ1) is 17.5. The van der Waals surface area contributed by atoms with Gasteiger partial charge in [-0.2, -0.15) is 26.3 Å². The first-order valence-corrected chi connectivity index (χ1v) is 5.86. The number of alkyl halides is 6. The molecule has 130 valence electrons. The molecule has 0 atom stereocenters. The monoisotopic (exact) mass is 357 g/mol. The summed E-state index contributed by atoms with van der Waals surface area (Å²) >= 11 is 0. The van der Waals surface area contributed by atoms with E-state index in [1.54, 1.807) is 0 Å². The Morgan fingerprint density at radius 2 is 1.79 bits per heavy atom. The van der Waals surface area contributed by atoms with E-state index < -0.39 is 51.4 Å². The van der Waals surface area contributed by atoms with Crippen molar-refractivity contribution in [3.63, 3.8) is 0 Å². The Bertz CT molecular complexity index is 839. The number of carbonyl (C=O) groups excluding carboxylic acids is 1. The number of nitrogens with zero attached hydrogens (tertiary/aromatic N) is 3. The van der Waals surface area contributed by atoms with Gasteiger partial charge in [-0.25, -0.2) is 9.78 Å². The van der Waals surface area contributed by atoms with Gasteiger partial charge in [-0.05, 0) is 6.07 Å². The zero-order chi connectivity index (χ0) is 18.4. The summed E-state index contributed by atoms with van der Waals surface area (Å²) in [6.07, 6.45) is -10.3. The lowest BCUT2D eigenvalue weighted by Crippen LogP contribution is -2.23. The third-order valence-corrected chi connectivity index (χ3v) is 2.70. The molecule has 1 aromatic carbocycles. The molecule has 0 saturated heterocycles. The largest absolute Gasteiger partial charge is 0.453 e. The minimum Gasteiger partial charge on any atom is -0.335 e. The summed E-state index contributed by atoms with van der Waals surface area (Å²) in [6.45, 7) is 0.702. The smallest absolute Gasteiger partial charge is 0.335 e. The number of non-ortho nitro benzene ring substituents is 1. The van der Waals surface area contributed by atoms with Gasteiger partial charge in [0.1, 0.15) is 5.52 Å². The Balaban J connectivity index is 2.95. The second kappa shape index (κ2) is 5.35. The molecule has 24 heavy (non-hydrogen) atoms. The van der Waals surface area contributed by atoms with Gasteiger partial charge in [0, 0.05) is 13.0 Å². The quantitative estimate of drug-likeness (QED) is 0.469. The van der Waals surface area contributed by atoms with Gasteiger partial charge in [0.2, 0.25) is 0 Å². The maximum Gasteiger partial charge on any atom is 0.453 e. The molecule has 0 aliphatic heterocycles. The number of rotatable bonds is 2.